The minimum atomic E-state index is 0.520. The summed E-state index contributed by atoms with van der Waals surface area (Å²) in [6.07, 6.45) is 2.79. The van der Waals surface area contributed by atoms with Crippen molar-refractivity contribution >= 4 is 11.8 Å². The first-order valence-corrected chi connectivity index (χ1v) is 5.58. The molecule has 0 amide bonds. The van der Waals surface area contributed by atoms with Crippen molar-refractivity contribution in [2.45, 2.75) is 31.6 Å². The fourth-order valence-corrected chi connectivity index (χ4v) is 3.81. The van der Waals surface area contributed by atoms with Crippen LogP contribution in [0.4, 0.5) is 0 Å². The van der Waals surface area contributed by atoms with E-state index in [4.69, 9.17) is 0 Å². The Balaban J connectivity index is 1.88. The summed E-state index contributed by atoms with van der Waals surface area (Å²) in [5.74, 6) is 3.20. The van der Waals surface area contributed by atoms with Crippen molar-refractivity contribution in [2.75, 3.05) is 12.3 Å². The van der Waals surface area contributed by atoms with Crippen LogP contribution in [0, 0.1) is 11.8 Å². The van der Waals surface area contributed by atoms with Crippen LogP contribution >= 0.6 is 11.8 Å². The van der Waals surface area contributed by atoms with E-state index < -0.39 is 0 Å². The molecule has 1 atom stereocenters. The molecular formula is C9H17NS. The van der Waals surface area contributed by atoms with Crippen LogP contribution < -0.4 is 5.32 Å². The molecule has 11 heavy (non-hydrogen) atoms. The van der Waals surface area contributed by atoms with Gasteiger partial charge in [0, 0.05) is 0 Å². The molecule has 1 saturated heterocycles. The first-order valence-electron chi connectivity index (χ1n) is 4.59. The maximum absolute atomic E-state index is 3.68. The number of nitrogens with one attached hydrogen (secondary N) is 1. The molecule has 64 valence electrons. The second kappa shape index (κ2) is 2.67. The third-order valence-corrected chi connectivity index (χ3v) is 4.54. The third kappa shape index (κ3) is 1.43. The van der Waals surface area contributed by atoms with Gasteiger partial charge in [-0.2, -0.15) is 0 Å². The van der Waals surface area contributed by atoms with Gasteiger partial charge in [-0.05, 0) is 37.0 Å². The highest BCUT2D eigenvalue weighted by atomic mass is 32.2. The zero-order valence-corrected chi connectivity index (χ0v) is 8.21. The average molecular weight is 171 g/mol. The number of rotatable bonds is 0. The van der Waals surface area contributed by atoms with Crippen LogP contribution in [-0.2, 0) is 0 Å². The van der Waals surface area contributed by atoms with Crippen LogP contribution in [0.1, 0.15) is 26.7 Å². The summed E-state index contributed by atoms with van der Waals surface area (Å²) < 4.78 is 0. The lowest BCUT2D eigenvalue weighted by Crippen LogP contribution is -2.56. The lowest BCUT2D eigenvalue weighted by atomic mass is 9.80. The fourth-order valence-electron chi connectivity index (χ4n) is 2.10. The molecule has 1 heterocycles. The number of thioether (sulfide) groups is 1. The quantitative estimate of drug-likeness (QED) is 0.599. The van der Waals surface area contributed by atoms with Crippen molar-refractivity contribution < 1.29 is 0 Å². The van der Waals surface area contributed by atoms with E-state index >= 15 is 0 Å². The SMILES string of the molecule is CC1CNC2(CC(C)C2)SC1. The van der Waals surface area contributed by atoms with Gasteiger partial charge < -0.3 is 5.32 Å². The normalized spacial score (nSPS) is 50.7. The predicted molar refractivity (Wildman–Crippen MR) is 50.8 cm³/mol. The summed E-state index contributed by atoms with van der Waals surface area (Å²) in [5, 5.41) is 3.68. The van der Waals surface area contributed by atoms with Gasteiger partial charge in [-0.25, -0.2) is 0 Å². The van der Waals surface area contributed by atoms with E-state index in [0.29, 0.717) is 4.87 Å². The molecule has 2 heteroatoms. The van der Waals surface area contributed by atoms with E-state index in [1.807, 2.05) is 0 Å². The van der Waals surface area contributed by atoms with Gasteiger partial charge in [-0.3, -0.25) is 0 Å². The Morgan fingerprint density at radius 1 is 1.27 bits per heavy atom. The average Bonchev–Trinajstić information content (AvgIpc) is 1.92. The van der Waals surface area contributed by atoms with E-state index in [1.54, 1.807) is 0 Å². The molecule has 1 aliphatic heterocycles. The van der Waals surface area contributed by atoms with E-state index in [1.165, 1.54) is 25.1 Å². The summed E-state index contributed by atoms with van der Waals surface area (Å²) in [5.41, 5.74) is 0. The Hall–Kier alpha value is 0.310. The van der Waals surface area contributed by atoms with Gasteiger partial charge >= 0.3 is 0 Å². The molecule has 0 bridgehead atoms. The van der Waals surface area contributed by atoms with Gasteiger partial charge in [0.25, 0.3) is 0 Å². The van der Waals surface area contributed by atoms with E-state index in [-0.39, 0.29) is 0 Å². The van der Waals surface area contributed by atoms with Crippen molar-refractivity contribution in [1.82, 2.24) is 5.32 Å². The summed E-state index contributed by atoms with van der Waals surface area (Å²) in [4.78, 5) is 0.520. The molecule has 0 aromatic heterocycles. The molecule has 1 nitrogen and oxygen atoms in total. The number of hydrogen-bond acceptors (Lipinski definition) is 2. The molecule has 1 spiro atoms. The molecule has 1 unspecified atom stereocenters. The maximum atomic E-state index is 3.68. The predicted octanol–water partition coefficient (Wildman–Crippen LogP) is 2.09. The van der Waals surface area contributed by atoms with Crippen LogP contribution in [0.3, 0.4) is 0 Å². The second-order valence-electron chi connectivity index (χ2n) is 4.30. The molecular weight excluding hydrogens is 154 g/mol. The molecule has 0 radical (unpaired) electrons. The highest BCUT2D eigenvalue weighted by Gasteiger charge is 2.44. The number of hydrogen-bond donors (Lipinski definition) is 1. The highest BCUT2D eigenvalue weighted by Crippen LogP contribution is 2.47. The molecule has 0 aromatic rings. The lowest BCUT2D eigenvalue weighted by molar-refractivity contribution is 0.195. The standard InChI is InChI=1S/C9H17NS/c1-7-3-9(4-7)10-5-8(2)6-11-9/h7-8,10H,3-6H2,1-2H3. The minimum Gasteiger partial charge on any atom is -0.302 e. The lowest BCUT2D eigenvalue weighted by Gasteiger charge is -2.50. The summed E-state index contributed by atoms with van der Waals surface area (Å²) in [7, 11) is 0. The largest absolute Gasteiger partial charge is 0.302 e. The van der Waals surface area contributed by atoms with Crippen LogP contribution in [-0.4, -0.2) is 17.2 Å². The molecule has 2 rings (SSSR count). The van der Waals surface area contributed by atoms with E-state index in [2.05, 4.69) is 30.9 Å². The van der Waals surface area contributed by atoms with E-state index in [9.17, 15) is 0 Å². The summed E-state index contributed by atoms with van der Waals surface area (Å²) >= 11 is 2.15. The highest BCUT2D eigenvalue weighted by molar-refractivity contribution is 8.00. The first-order chi connectivity index (χ1) is 5.20. The van der Waals surface area contributed by atoms with Gasteiger partial charge in [0.15, 0.2) is 0 Å². The Morgan fingerprint density at radius 2 is 2.00 bits per heavy atom. The fraction of sp³-hybridized carbons (Fsp3) is 1.00. The van der Waals surface area contributed by atoms with Crippen LogP contribution in [0.2, 0.25) is 0 Å². The molecule has 0 aromatic carbocycles. The Morgan fingerprint density at radius 3 is 2.45 bits per heavy atom. The zero-order chi connectivity index (χ0) is 7.90. The minimum absolute atomic E-state index is 0.520. The van der Waals surface area contributed by atoms with Crippen molar-refractivity contribution in [1.29, 1.82) is 0 Å². The van der Waals surface area contributed by atoms with Crippen molar-refractivity contribution in [2.24, 2.45) is 11.8 Å². The maximum Gasteiger partial charge on any atom is 0.0650 e. The molecule has 1 N–H and O–H groups in total. The smallest absolute Gasteiger partial charge is 0.0650 e. The molecule has 1 aliphatic carbocycles. The van der Waals surface area contributed by atoms with E-state index in [0.717, 1.165) is 11.8 Å². The van der Waals surface area contributed by atoms with Crippen molar-refractivity contribution in [3.63, 3.8) is 0 Å². The molecule has 1 saturated carbocycles. The van der Waals surface area contributed by atoms with Crippen LogP contribution in [0.15, 0.2) is 0 Å². The van der Waals surface area contributed by atoms with Gasteiger partial charge in [0.1, 0.15) is 0 Å². The monoisotopic (exact) mass is 171 g/mol. The molecule has 2 fully saturated rings. The van der Waals surface area contributed by atoms with Gasteiger partial charge in [0.05, 0.1) is 4.87 Å². The second-order valence-corrected chi connectivity index (χ2v) is 5.71. The summed E-state index contributed by atoms with van der Waals surface area (Å²) in [6, 6.07) is 0. The topological polar surface area (TPSA) is 12.0 Å². The Kier molecular flexibility index (Phi) is 1.92. The van der Waals surface area contributed by atoms with Crippen molar-refractivity contribution in [3.8, 4) is 0 Å². The first kappa shape index (κ1) is 7.93. The van der Waals surface area contributed by atoms with Crippen LogP contribution in [0.25, 0.3) is 0 Å². The van der Waals surface area contributed by atoms with Crippen molar-refractivity contribution in [3.05, 3.63) is 0 Å². The van der Waals surface area contributed by atoms with Crippen LogP contribution in [0.5, 0.6) is 0 Å². The Bertz CT molecular complexity index is 142. The Labute approximate surface area is 73.3 Å². The van der Waals surface area contributed by atoms with Gasteiger partial charge in [0.2, 0.25) is 0 Å². The van der Waals surface area contributed by atoms with Gasteiger partial charge in [-0.1, -0.05) is 13.8 Å². The zero-order valence-electron chi connectivity index (χ0n) is 7.39. The summed E-state index contributed by atoms with van der Waals surface area (Å²) in [6.45, 7) is 5.92. The third-order valence-electron chi connectivity index (χ3n) is 2.77. The van der Waals surface area contributed by atoms with Gasteiger partial charge in [-0.15, -0.1) is 11.8 Å². The molecule has 2 aliphatic rings.